The number of nitrogens with zero attached hydrogens (tertiary/aromatic N) is 4. The van der Waals surface area contributed by atoms with E-state index in [4.69, 9.17) is 11.6 Å². The van der Waals surface area contributed by atoms with Gasteiger partial charge < -0.3 is 5.32 Å². The Labute approximate surface area is 125 Å². The average Bonchev–Trinajstić information content (AvgIpc) is 2.77. The van der Waals surface area contributed by atoms with Crippen LogP contribution in [-0.2, 0) is 13.5 Å². The zero-order valence-corrected chi connectivity index (χ0v) is 13.1. The molecule has 0 aliphatic rings. The summed E-state index contributed by atoms with van der Waals surface area (Å²) < 4.78 is 1.00. The molecule has 0 aliphatic heterocycles. The number of aryl methyl sites for hydroxylation is 1. The van der Waals surface area contributed by atoms with Crippen LogP contribution in [0.25, 0.3) is 0 Å². The molecule has 0 fully saturated rings. The molecular formula is C12H15BrClN5. The van der Waals surface area contributed by atoms with E-state index >= 15 is 0 Å². The lowest BCUT2D eigenvalue weighted by Crippen LogP contribution is -2.23. The second-order valence-electron chi connectivity index (χ2n) is 4.18. The quantitative estimate of drug-likeness (QED) is 0.905. The fourth-order valence-corrected chi connectivity index (χ4v) is 2.54. The Morgan fingerprint density at radius 2 is 2.26 bits per heavy atom. The van der Waals surface area contributed by atoms with Crippen LogP contribution in [0, 0.1) is 0 Å². The molecule has 0 aliphatic carbocycles. The van der Waals surface area contributed by atoms with E-state index in [9.17, 15) is 0 Å². The second-order valence-corrected chi connectivity index (χ2v) is 5.50. The Hall–Kier alpha value is -0.980. The van der Waals surface area contributed by atoms with Gasteiger partial charge in [0.05, 0.1) is 7.05 Å². The van der Waals surface area contributed by atoms with Gasteiger partial charge in [-0.1, -0.05) is 34.5 Å². The van der Waals surface area contributed by atoms with Crippen molar-refractivity contribution in [2.45, 2.75) is 19.4 Å². The van der Waals surface area contributed by atoms with Gasteiger partial charge in [0.2, 0.25) is 0 Å². The Bertz CT molecular complexity index is 557. The standard InChI is InChI=1S/C12H15BrClN5/c1-3-15-11(7-12-16-18-19(2)17-12)9-6-8(13)4-5-10(9)14/h4-6,11,15H,3,7H2,1-2H3. The fraction of sp³-hybridized carbons (Fsp3) is 0.417. The third-order valence-electron chi connectivity index (χ3n) is 2.72. The zero-order valence-electron chi connectivity index (χ0n) is 10.8. The highest BCUT2D eigenvalue weighted by atomic mass is 79.9. The van der Waals surface area contributed by atoms with Gasteiger partial charge in [-0.2, -0.15) is 4.80 Å². The molecule has 5 nitrogen and oxygen atoms in total. The minimum Gasteiger partial charge on any atom is -0.310 e. The number of hydrogen-bond donors (Lipinski definition) is 1. The summed E-state index contributed by atoms with van der Waals surface area (Å²) in [4.78, 5) is 1.46. The van der Waals surface area contributed by atoms with E-state index in [0.29, 0.717) is 12.2 Å². The summed E-state index contributed by atoms with van der Waals surface area (Å²) in [5.41, 5.74) is 1.03. The van der Waals surface area contributed by atoms with E-state index in [1.54, 1.807) is 7.05 Å². The van der Waals surface area contributed by atoms with Crippen LogP contribution in [0.5, 0.6) is 0 Å². The Morgan fingerprint density at radius 1 is 1.47 bits per heavy atom. The first-order valence-electron chi connectivity index (χ1n) is 6.01. The van der Waals surface area contributed by atoms with Crippen molar-refractivity contribution in [3.8, 4) is 0 Å². The topological polar surface area (TPSA) is 55.6 Å². The first kappa shape index (κ1) is 14.4. The van der Waals surface area contributed by atoms with Gasteiger partial charge in [-0.05, 0) is 35.5 Å². The fourth-order valence-electron chi connectivity index (χ4n) is 1.91. The molecule has 1 unspecified atom stereocenters. The molecule has 1 aromatic carbocycles. The minimum absolute atomic E-state index is 0.0687. The summed E-state index contributed by atoms with van der Waals surface area (Å²) in [6.45, 7) is 2.90. The van der Waals surface area contributed by atoms with Crippen molar-refractivity contribution < 1.29 is 0 Å². The van der Waals surface area contributed by atoms with E-state index in [-0.39, 0.29) is 6.04 Å². The molecule has 0 bridgehead atoms. The van der Waals surface area contributed by atoms with Crippen LogP contribution in [0.3, 0.4) is 0 Å². The van der Waals surface area contributed by atoms with Crippen LogP contribution in [0.2, 0.25) is 5.02 Å². The molecule has 0 saturated heterocycles. The molecule has 1 heterocycles. The molecule has 0 amide bonds. The first-order valence-corrected chi connectivity index (χ1v) is 7.18. The highest BCUT2D eigenvalue weighted by molar-refractivity contribution is 9.10. The largest absolute Gasteiger partial charge is 0.310 e. The van der Waals surface area contributed by atoms with Crippen molar-refractivity contribution in [1.29, 1.82) is 0 Å². The number of nitrogens with one attached hydrogen (secondary N) is 1. The summed E-state index contributed by atoms with van der Waals surface area (Å²) >= 11 is 9.75. The van der Waals surface area contributed by atoms with Gasteiger partial charge in [-0.15, -0.1) is 10.2 Å². The molecule has 1 aromatic heterocycles. The lowest BCUT2D eigenvalue weighted by atomic mass is 10.0. The zero-order chi connectivity index (χ0) is 13.8. The Kier molecular flexibility index (Phi) is 4.90. The lowest BCUT2D eigenvalue weighted by Gasteiger charge is -2.18. The van der Waals surface area contributed by atoms with Gasteiger partial charge in [0.1, 0.15) is 0 Å². The average molecular weight is 345 g/mol. The Morgan fingerprint density at radius 3 is 2.89 bits per heavy atom. The second kappa shape index (κ2) is 6.45. The van der Waals surface area contributed by atoms with Crippen LogP contribution >= 0.6 is 27.5 Å². The molecule has 1 atom stereocenters. The first-order chi connectivity index (χ1) is 9.10. The van der Waals surface area contributed by atoms with Crippen LogP contribution in [0.15, 0.2) is 22.7 Å². The van der Waals surface area contributed by atoms with E-state index in [1.165, 1.54) is 4.80 Å². The van der Waals surface area contributed by atoms with E-state index in [1.807, 2.05) is 18.2 Å². The molecule has 0 radical (unpaired) electrons. The molecule has 2 rings (SSSR count). The summed E-state index contributed by atoms with van der Waals surface area (Å²) in [6.07, 6.45) is 0.651. The highest BCUT2D eigenvalue weighted by Crippen LogP contribution is 2.28. The minimum atomic E-state index is 0.0687. The molecule has 7 heteroatoms. The summed E-state index contributed by atoms with van der Waals surface area (Å²) in [6, 6.07) is 5.90. The maximum absolute atomic E-state index is 6.28. The lowest BCUT2D eigenvalue weighted by molar-refractivity contribution is 0.534. The van der Waals surface area contributed by atoms with E-state index in [2.05, 4.69) is 43.6 Å². The molecule has 102 valence electrons. The van der Waals surface area contributed by atoms with Crippen molar-refractivity contribution in [2.75, 3.05) is 6.54 Å². The van der Waals surface area contributed by atoms with E-state index in [0.717, 1.165) is 21.6 Å². The monoisotopic (exact) mass is 343 g/mol. The predicted molar refractivity (Wildman–Crippen MR) is 78.1 cm³/mol. The SMILES string of the molecule is CCNC(Cc1nnn(C)n1)c1cc(Br)ccc1Cl. The number of rotatable bonds is 5. The Balaban J connectivity index is 2.26. The van der Waals surface area contributed by atoms with Crippen LogP contribution in [0.1, 0.15) is 24.4 Å². The maximum Gasteiger partial charge on any atom is 0.176 e. The van der Waals surface area contributed by atoms with Gasteiger partial charge in [0.15, 0.2) is 5.82 Å². The smallest absolute Gasteiger partial charge is 0.176 e. The molecule has 0 spiro atoms. The van der Waals surface area contributed by atoms with Crippen molar-refractivity contribution in [3.05, 3.63) is 39.1 Å². The number of halogens is 2. The predicted octanol–water partition coefficient (Wildman–Crippen LogP) is 2.52. The molecular weight excluding hydrogens is 330 g/mol. The van der Waals surface area contributed by atoms with Crippen molar-refractivity contribution in [3.63, 3.8) is 0 Å². The van der Waals surface area contributed by atoms with Gasteiger partial charge in [-0.3, -0.25) is 0 Å². The summed E-state index contributed by atoms with van der Waals surface area (Å²) in [7, 11) is 1.75. The summed E-state index contributed by atoms with van der Waals surface area (Å²) in [5.74, 6) is 0.699. The van der Waals surface area contributed by atoms with Gasteiger partial charge in [0.25, 0.3) is 0 Å². The molecule has 19 heavy (non-hydrogen) atoms. The van der Waals surface area contributed by atoms with Gasteiger partial charge in [0, 0.05) is 22.0 Å². The van der Waals surface area contributed by atoms with Crippen LogP contribution in [-0.4, -0.2) is 26.8 Å². The normalized spacial score (nSPS) is 12.6. The van der Waals surface area contributed by atoms with Gasteiger partial charge >= 0.3 is 0 Å². The number of aromatic nitrogens is 4. The van der Waals surface area contributed by atoms with E-state index < -0.39 is 0 Å². The number of likely N-dealkylation sites (N-methyl/N-ethyl adjacent to an activating group) is 1. The van der Waals surface area contributed by atoms with Crippen molar-refractivity contribution in [2.24, 2.45) is 7.05 Å². The molecule has 0 saturated carbocycles. The van der Waals surface area contributed by atoms with Crippen molar-refractivity contribution in [1.82, 2.24) is 25.5 Å². The number of hydrogen-bond acceptors (Lipinski definition) is 4. The number of benzene rings is 1. The third kappa shape index (κ3) is 3.75. The maximum atomic E-state index is 6.28. The molecule has 1 N–H and O–H groups in total. The van der Waals surface area contributed by atoms with Crippen LogP contribution < -0.4 is 5.32 Å². The third-order valence-corrected chi connectivity index (χ3v) is 3.56. The van der Waals surface area contributed by atoms with Crippen LogP contribution in [0.4, 0.5) is 0 Å². The van der Waals surface area contributed by atoms with Crippen molar-refractivity contribution >= 4 is 27.5 Å². The number of tetrazole rings is 1. The molecule has 2 aromatic rings. The van der Waals surface area contributed by atoms with Gasteiger partial charge in [-0.25, -0.2) is 0 Å². The highest BCUT2D eigenvalue weighted by Gasteiger charge is 2.17. The summed E-state index contributed by atoms with van der Waals surface area (Å²) in [5, 5.41) is 16.2.